The number of hydrogen-bond acceptors (Lipinski definition) is 4. The van der Waals surface area contributed by atoms with Gasteiger partial charge in [-0.2, -0.15) is 5.26 Å². The van der Waals surface area contributed by atoms with Crippen LogP contribution in [0.1, 0.15) is 28.8 Å². The molecule has 1 saturated heterocycles. The number of piperidine rings is 1. The molecule has 1 amide bonds. The Morgan fingerprint density at radius 3 is 2.40 bits per heavy atom. The van der Waals surface area contributed by atoms with Crippen molar-refractivity contribution in [1.82, 2.24) is 14.9 Å². The molecule has 1 fully saturated rings. The number of benzene rings is 2. The summed E-state index contributed by atoms with van der Waals surface area (Å²) in [4.78, 5) is 23.2. The second-order valence-electron chi connectivity index (χ2n) is 7.66. The minimum atomic E-state index is -0.540. The minimum Gasteiger partial charge on any atom is -0.339 e. The maximum absolute atomic E-state index is 13.2. The predicted molar refractivity (Wildman–Crippen MR) is 111 cm³/mol. The van der Waals surface area contributed by atoms with Gasteiger partial charge in [-0.15, -0.1) is 0 Å². The van der Waals surface area contributed by atoms with Gasteiger partial charge >= 0.3 is 0 Å². The lowest BCUT2D eigenvalue weighted by molar-refractivity contribution is 0.0648. The molecular weight excluding hydrogens is 379 g/mol. The van der Waals surface area contributed by atoms with Crippen LogP contribution < -0.4 is 0 Å². The Bertz CT molecular complexity index is 1070. The standard InChI is InChI=1S/C24H21FN4O/c25-20-7-5-18(6-8-20)13-24(16-26)9-11-29(12-10-24)23(30)22-4-2-1-3-21(22)19-14-27-17-28-15-19/h1-8,14-15,17H,9-13H2. The number of aromatic nitrogens is 2. The van der Waals surface area contributed by atoms with Gasteiger partial charge in [-0.3, -0.25) is 4.79 Å². The highest BCUT2D eigenvalue weighted by Gasteiger charge is 2.36. The first kappa shape index (κ1) is 19.7. The summed E-state index contributed by atoms with van der Waals surface area (Å²) < 4.78 is 13.2. The lowest BCUT2D eigenvalue weighted by Gasteiger charge is -2.37. The second kappa shape index (κ2) is 8.42. The van der Waals surface area contributed by atoms with E-state index in [9.17, 15) is 14.4 Å². The van der Waals surface area contributed by atoms with E-state index < -0.39 is 5.41 Å². The van der Waals surface area contributed by atoms with Crippen LogP contribution in [0.3, 0.4) is 0 Å². The summed E-state index contributed by atoms with van der Waals surface area (Å²) in [5.74, 6) is -0.338. The van der Waals surface area contributed by atoms with Crippen molar-refractivity contribution < 1.29 is 9.18 Å². The van der Waals surface area contributed by atoms with Crippen LogP contribution in [-0.2, 0) is 6.42 Å². The Morgan fingerprint density at radius 2 is 1.73 bits per heavy atom. The zero-order valence-corrected chi connectivity index (χ0v) is 16.5. The van der Waals surface area contributed by atoms with Crippen LogP contribution in [-0.4, -0.2) is 33.9 Å². The molecule has 2 heterocycles. The van der Waals surface area contributed by atoms with Gasteiger partial charge in [0.1, 0.15) is 12.1 Å². The van der Waals surface area contributed by atoms with Crippen LogP contribution in [0.4, 0.5) is 4.39 Å². The highest BCUT2D eigenvalue weighted by molar-refractivity contribution is 6.00. The normalized spacial score (nSPS) is 15.4. The summed E-state index contributed by atoms with van der Waals surface area (Å²) >= 11 is 0. The summed E-state index contributed by atoms with van der Waals surface area (Å²) in [5.41, 5.74) is 2.59. The van der Waals surface area contributed by atoms with Gasteiger partial charge in [0, 0.05) is 36.6 Å². The molecule has 1 aromatic heterocycles. The van der Waals surface area contributed by atoms with Gasteiger partial charge in [-0.1, -0.05) is 30.3 Å². The lowest BCUT2D eigenvalue weighted by atomic mass is 9.75. The second-order valence-corrected chi connectivity index (χ2v) is 7.66. The number of amides is 1. The third-order valence-corrected chi connectivity index (χ3v) is 5.73. The van der Waals surface area contributed by atoms with E-state index in [0.29, 0.717) is 37.9 Å². The Balaban J connectivity index is 1.50. The molecule has 150 valence electrons. The van der Waals surface area contributed by atoms with Gasteiger partial charge in [0.2, 0.25) is 0 Å². The maximum atomic E-state index is 13.2. The molecule has 3 aromatic rings. The molecule has 0 N–H and O–H groups in total. The smallest absolute Gasteiger partial charge is 0.254 e. The van der Waals surface area contributed by atoms with Crippen molar-refractivity contribution in [1.29, 1.82) is 5.26 Å². The monoisotopic (exact) mass is 400 g/mol. The molecule has 5 nitrogen and oxygen atoms in total. The number of hydrogen-bond donors (Lipinski definition) is 0. The zero-order chi connectivity index (χ0) is 21.0. The highest BCUT2D eigenvalue weighted by Crippen LogP contribution is 2.35. The van der Waals surface area contributed by atoms with Crippen molar-refractivity contribution in [2.24, 2.45) is 5.41 Å². The summed E-state index contributed by atoms with van der Waals surface area (Å²) in [7, 11) is 0. The maximum Gasteiger partial charge on any atom is 0.254 e. The number of carbonyl (C=O) groups is 1. The van der Waals surface area contributed by atoms with E-state index in [1.807, 2.05) is 29.2 Å². The molecule has 0 atom stereocenters. The number of halogens is 1. The van der Waals surface area contributed by atoms with E-state index in [1.165, 1.54) is 18.5 Å². The van der Waals surface area contributed by atoms with Crippen molar-refractivity contribution in [3.8, 4) is 17.2 Å². The SMILES string of the molecule is N#CC1(Cc2ccc(F)cc2)CCN(C(=O)c2ccccc2-c2cncnc2)CC1. The van der Waals surface area contributed by atoms with Crippen molar-refractivity contribution >= 4 is 5.91 Å². The molecule has 0 saturated carbocycles. The van der Waals surface area contributed by atoms with Gasteiger partial charge in [-0.05, 0) is 48.6 Å². The van der Waals surface area contributed by atoms with E-state index in [0.717, 1.165) is 16.7 Å². The molecule has 4 rings (SSSR count). The molecule has 0 radical (unpaired) electrons. The summed E-state index contributed by atoms with van der Waals surface area (Å²) in [6, 6.07) is 16.2. The average molecular weight is 400 g/mol. The van der Waals surface area contributed by atoms with Crippen LogP contribution in [0.25, 0.3) is 11.1 Å². The summed E-state index contributed by atoms with van der Waals surface area (Å²) in [6.07, 6.45) is 6.58. The third-order valence-electron chi connectivity index (χ3n) is 5.73. The molecule has 1 aliphatic rings. The fraction of sp³-hybridized carbons (Fsp3) is 0.250. The van der Waals surface area contributed by atoms with E-state index in [2.05, 4.69) is 16.0 Å². The molecular formula is C24H21FN4O. The molecule has 30 heavy (non-hydrogen) atoms. The average Bonchev–Trinajstić information content (AvgIpc) is 2.81. The van der Waals surface area contributed by atoms with Gasteiger partial charge < -0.3 is 4.90 Å². The first-order chi connectivity index (χ1) is 14.6. The fourth-order valence-electron chi connectivity index (χ4n) is 3.99. The predicted octanol–water partition coefficient (Wildman–Crippen LogP) is 4.27. The van der Waals surface area contributed by atoms with Gasteiger partial charge in [0.25, 0.3) is 5.91 Å². The molecule has 0 unspecified atom stereocenters. The highest BCUT2D eigenvalue weighted by atomic mass is 19.1. The van der Waals surface area contributed by atoms with Gasteiger partial charge in [0.15, 0.2) is 0 Å². The van der Waals surface area contributed by atoms with E-state index >= 15 is 0 Å². The first-order valence-corrected chi connectivity index (χ1v) is 9.90. The first-order valence-electron chi connectivity index (χ1n) is 9.90. The molecule has 6 heteroatoms. The molecule has 1 aliphatic heterocycles. The number of nitriles is 1. The Morgan fingerprint density at radius 1 is 1.07 bits per heavy atom. The van der Waals surface area contributed by atoms with Crippen LogP contribution in [0.2, 0.25) is 0 Å². The zero-order valence-electron chi connectivity index (χ0n) is 16.5. The number of carbonyl (C=O) groups excluding carboxylic acids is 1. The molecule has 2 aromatic carbocycles. The number of likely N-dealkylation sites (tertiary alicyclic amines) is 1. The van der Waals surface area contributed by atoms with Gasteiger partial charge in [0.05, 0.1) is 11.5 Å². The van der Waals surface area contributed by atoms with Crippen LogP contribution in [0, 0.1) is 22.6 Å². The quantitative estimate of drug-likeness (QED) is 0.656. The molecule has 0 bridgehead atoms. The number of nitrogens with zero attached hydrogens (tertiary/aromatic N) is 4. The third kappa shape index (κ3) is 4.06. The van der Waals surface area contributed by atoms with Crippen LogP contribution in [0.15, 0.2) is 67.3 Å². The van der Waals surface area contributed by atoms with Crippen molar-refractivity contribution in [3.63, 3.8) is 0 Å². The van der Waals surface area contributed by atoms with E-state index in [-0.39, 0.29) is 11.7 Å². The van der Waals surface area contributed by atoms with Crippen molar-refractivity contribution in [2.45, 2.75) is 19.3 Å². The van der Waals surface area contributed by atoms with Crippen molar-refractivity contribution in [3.05, 3.63) is 84.2 Å². The lowest BCUT2D eigenvalue weighted by Crippen LogP contribution is -2.43. The fourth-order valence-corrected chi connectivity index (χ4v) is 3.99. The van der Waals surface area contributed by atoms with Crippen LogP contribution in [0.5, 0.6) is 0 Å². The number of rotatable bonds is 4. The van der Waals surface area contributed by atoms with Crippen molar-refractivity contribution in [2.75, 3.05) is 13.1 Å². The molecule has 0 spiro atoms. The Kier molecular flexibility index (Phi) is 5.53. The topological polar surface area (TPSA) is 69.9 Å². The van der Waals surface area contributed by atoms with Crippen LogP contribution >= 0.6 is 0 Å². The largest absolute Gasteiger partial charge is 0.339 e. The van der Waals surface area contributed by atoms with Gasteiger partial charge in [-0.25, -0.2) is 14.4 Å². The Labute approximate surface area is 174 Å². The Hall–Kier alpha value is -3.59. The molecule has 0 aliphatic carbocycles. The van der Waals surface area contributed by atoms with E-state index in [1.54, 1.807) is 24.5 Å². The van der Waals surface area contributed by atoms with E-state index in [4.69, 9.17) is 0 Å². The summed E-state index contributed by atoms with van der Waals surface area (Å²) in [5, 5.41) is 9.85. The summed E-state index contributed by atoms with van der Waals surface area (Å²) in [6.45, 7) is 1.01. The minimum absolute atomic E-state index is 0.0530.